The Kier molecular flexibility index (Phi) is 2.26. The molecule has 0 amide bonds. The Hall–Kier alpha value is -2.11. The van der Waals surface area contributed by atoms with Crippen LogP contribution in [-0.2, 0) is 5.41 Å². The number of aromatic nitrogens is 1. The molecule has 0 aliphatic carbocycles. The summed E-state index contributed by atoms with van der Waals surface area (Å²) in [6.07, 6.45) is 1.94. The molecule has 0 N–H and O–H groups in total. The molecule has 0 saturated carbocycles. The van der Waals surface area contributed by atoms with Gasteiger partial charge in [0.15, 0.2) is 0 Å². The van der Waals surface area contributed by atoms with Gasteiger partial charge in [-0.25, -0.2) is 0 Å². The van der Waals surface area contributed by atoms with Crippen LogP contribution in [0.3, 0.4) is 0 Å². The highest BCUT2D eigenvalue weighted by Gasteiger charge is 2.35. The summed E-state index contributed by atoms with van der Waals surface area (Å²) in [5, 5.41) is 7.03. The van der Waals surface area contributed by atoms with Gasteiger partial charge in [-0.3, -0.25) is 4.98 Å². The van der Waals surface area contributed by atoms with E-state index in [1.807, 2.05) is 6.20 Å². The molecule has 0 fully saturated rings. The fraction of sp³-hybridized carbons (Fsp3) is 0.150. The van der Waals surface area contributed by atoms with Gasteiger partial charge in [-0.05, 0) is 22.6 Å². The Morgan fingerprint density at radius 1 is 0.818 bits per heavy atom. The van der Waals surface area contributed by atoms with E-state index >= 15 is 0 Å². The second-order valence-corrected chi connectivity index (χ2v) is 8.58. The molecule has 2 heteroatoms. The predicted octanol–water partition coefficient (Wildman–Crippen LogP) is 6.00. The summed E-state index contributed by atoms with van der Waals surface area (Å²) in [6, 6.07) is 20.0. The normalized spacial score (nSPS) is 16.0. The maximum absolute atomic E-state index is 4.78. The van der Waals surface area contributed by atoms with Gasteiger partial charge in [-0.1, -0.05) is 69.9 Å². The summed E-state index contributed by atoms with van der Waals surface area (Å²) in [4.78, 5) is 4.78. The van der Waals surface area contributed by atoms with Crippen LogP contribution >= 0.6 is 7.53 Å². The zero-order valence-corrected chi connectivity index (χ0v) is 13.6. The highest BCUT2D eigenvalue weighted by Crippen LogP contribution is 2.62. The van der Waals surface area contributed by atoms with Gasteiger partial charge in [0.05, 0.1) is 5.25 Å². The number of nitrogens with zero attached hydrogens (tertiary/aromatic N) is 1. The minimum absolute atomic E-state index is 0.0583. The van der Waals surface area contributed by atoms with Gasteiger partial charge in [0.1, 0.15) is 0 Å². The summed E-state index contributed by atoms with van der Waals surface area (Å²) in [6.45, 7) is 4.70. The lowest BCUT2D eigenvalue weighted by atomic mass is 9.77. The van der Waals surface area contributed by atoms with Crippen molar-refractivity contribution in [2.75, 3.05) is 0 Å². The van der Waals surface area contributed by atoms with Gasteiger partial charge in [-0.15, -0.1) is 0 Å². The molecule has 1 nitrogen and oxygen atoms in total. The highest BCUT2D eigenvalue weighted by atomic mass is 31.1. The molecule has 0 spiro atoms. The minimum atomic E-state index is -0.494. The lowest BCUT2D eigenvalue weighted by Gasteiger charge is -2.33. The Morgan fingerprint density at radius 3 is 2.50 bits per heavy atom. The molecule has 0 saturated heterocycles. The van der Waals surface area contributed by atoms with Crippen molar-refractivity contribution in [3.8, 4) is 5.30 Å². The number of hydrogen-bond donors (Lipinski definition) is 0. The lowest BCUT2D eigenvalue weighted by molar-refractivity contribution is 0.650. The topological polar surface area (TPSA) is 12.9 Å². The first kappa shape index (κ1) is 12.4. The van der Waals surface area contributed by atoms with Gasteiger partial charge in [0.25, 0.3) is 0 Å². The van der Waals surface area contributed by atoms with E-state index in [0.29, 0.717) is 0 Å². The van der Waals surface area contributed by atoms with Crippen LogP contribution in [0.4, 0.5) is 0 Å². The van der Waals surface area contributed by atoms with Gasteiger partial charge in [0.2, 0.25) is 0 Å². The second-order valence-electron chi connectivity index (χ2n) is 6.55. The molecule has 1 unspecified atom stereocenters. The van der Waals surface area contributed by atoms with Crippen LogP contribution in [0.1, 0.15) is 25.0 Å². The quantitative estimate of drug-likeness (QED) is 0.388. The maximum Gasteiger partial charge on any atom is 0.0945 e. The second kappa shape index (κ2) is 4.00. The van der Waals surface area contributed by atoms with E-state index in [4.69, 9.17) is 4.98 Å². The van der Waals surface area contributed by atoms with Crippen molar-refractivity contribution in [3.63, 3.8) is 0 Å². The summed E-state index contributed by atoms with van der Waals surface area (Å²) < 4.78 is 0. The fourth-order valence-corrected chi connectivity index (χ4v) is 7.13. The zero-order chi connectivity index (χ0) is 14.9. The minimum Gasteiger partial charge on any atom is -0.252 e. The summed E-state index contributed by atoms with van der Waals surface area (Å²) in [5.41, 5.74) is 3.00. The average Bonchev–Trinajstić information content (AvgIpc) is 2.88. The number of hydrogen-bond acceptors (Lipinski definition) is 1. The third-order valence-corrected chi connectivity index (χ3v) is 7.62. The van der Waals surface area contributed by atoms with E-state index in [1.54, 1.807) is 0 Å². The Morgan fingerprint density at radius 2 is 1.59 bits per heavy atom. The summed E-state index contributed by atoms with van der Waals surface area (Å²) >= 11 is 0. The van der Waals surface area contributed by atoms with Crippen molar-refractivity contribution in [1.82, 2.24) is 4.98 Å². The molecule has 2 aromatic carbocycles. The standard InChI is InChI=1S/C20H16NP/c1-20(2)15-9-3-4-11-17(15)22-18-13(7-5-10-16(18)20)14-8-6-12-21-19(14)22/h3-12H,1-2H3. The van der Waals surface area contributed by atoms with Crippen molar-refractivity contribution >= 4 is 28.7 Å². The van der Waals surface area contributed by atoms with Crippen LogP contribution in [0, 0.1) is 0 Å². The first-order chi connectivity index (χ1) is 10.7. The van der Waals surface area contributed by atoms with Crippen LogP contribution in [0.25, 0.3) is 26.4 Å². The van der Waals surface area contributed by atoms with E-state index in [1.165, 1.54) is 37.6 Å². The summed E-state index contributed by atoms with van der Waals surface area (Å²) in [7, 11) is -0.494. The third kappa shape index (κ3) is 1.33. The molecule has 3 heterocycles. The molecule has 22 heavy (non-hydrogen) atoms. The SMILES string of the molecule is CC1(C)c2ccccc2-p2c3ncccc3c3cccc1c32. The van der Waals surface area contributed by atoms with Crippen molar-refractivity contribution in [2.24, 2.45) is 0 Å². The molecule has 2 aromatic heterocycles. The van der Waals surface area contributed by atoms with Crippen LogP contribution in [-0.4, -0.2) is 4.98 Å². The molecule has 0 bridgehead atoms. The number of fused-ring (bicyclic) bond motifs is 5. The Labute approximate surface area is 130 Å². The molecule has 5 rings (SSSR count). The fourth-order valence-electron chi connectivity index (χ4n) is 3.97. The van der Waals surface area contributed by atoms with Crippen molar-refractivity contribution in [1.29, 1.82) is 0 Å². The van der Waals surface area contributed by atoms with Crippen molar-refractivity contribution < 1.29 is 0 Å². The van der Waals surface area contributed by atoms with Crippen molar-refractivity contribution in [3.05, 3.63) is 71.9 Å². The van der Waals surface area contributed by atoms with E-state index < -0.39 is 7.53 Å². The van der Waals surface area contributed by atoms with E-state index in [-0.39, 0.29) is 5.41 Å². The smallest absolute Gasteiger partial charge is 0.0945 e. The van der Waals surface area contributed by atoms with Gasteiger partial charge in [0, 0.05) is 27.4 Å². The number of rotatable bonds is 0. The van der Waals surface area contributed by atoms with Gasteiger partial charge < -0.3 is 0 Å². The Bertz CT molecular complexity index is 1060. The van der Waals surface area contributed by atoms with Crippen molar-refractivity contribution in [2.45, 2.75) is 19.3 Å². The van der Waals surface area contributed by atoms with E-state index in [2.05, 4.69) is 68.4 Å². The molecule has 1 aliphatic heterocycles. The zero-order valence-electron chi connectivity index (χ0n) is 12.7. The molecule has 0 radical (unpaired) electrons. The predicted molar refractivity (Wildman–Crippen MR) is 95.4 cm³/mol. The van der Waals surface area contributed by atoms with E-state index in [0.717, 1.165) is 0 Å². The third-order valence-electron chi connectivity index (χ3n) is 5.04. The number of benzene rings is 2. The van der Waals surface area contributed by atoms with Crippen LogP contribution in [0.15, 0.2) is 60.8 Å². The molecule has 1 aliphatic rings. The number of pyridine rings is 1. The monoisotopic (exact) mass is 301 g/mol. The highest BCUT2D eigenvalue weighted by molar-refractivity contribution is 7.68. The van der Waals surface area contributed by atoms with Gasteiger partial charge >= 0.3 is 0 Å². The first-order valence-corrected chi connectivity index (χ1v) is 9.02. The van der Waals surface area contributed by atoms with Crippen LogP contribution in [0.2, 0.25) is 0 Å². The van der Waals surface area contributed by atoms with Crippen LogP contribution < -0.4 is 0 Å². The van der Waals surface area contributed by atoms with Gasteiger partial charge in [-0.2, -0.15) is 0 Å². The Balaban J connectivity index is 2.15. The first-order valence-electron chi connectivity index (χ1n) is 7.68. The van der Waals surface area contributed by atoms with E-state index in [9.17, 15) is 0 Å². The molecule has 4 aromatic rings. The molecule has 1 atom stereocenters. The van der Waals surface area contributed by atoms with Crippen LogP contribution in [0.5, 0.6) is 0 Å². The maximum atomic E-state index is 4.78. The molecule has 106 valence electrons. The largest absolute Gasteiger partial charge is 0.252 e. The molecular formula is C20H16NP. The summed E-state index contributed by atoms with van der Waals surface area (Å²) in [5.74, 6) is 0. The average molecular weight is 301 g/mol. The lowest BCUT2D eigenvalue weighted by Crippen LogP contribution is -2.21. The molecular weight excluding hydrogens is 285 g/mol.